The lowest BCUT2D eigenvalue weighted by Crippen LogP contribution is -2.19. The van der Waals surface area contributed by atoms with Crippen LogP contribution in [0.25, 0.3) is 11.2 Å². The minimum atomic E-state index is 0.459. The summed E-state index contributed by atoms with van der Waals surface area (Å²) >= 11 is 6.10. The third-order valence-corrected chi connectivity index (χ3v) is 4.47. The van der Waals surface area contributed by atoms with Gasteiger partial charge in [-0.3, -0.25) is 0 Å². The van der Waals surface area contributed by atoms with Crippen molar-refractivity contribution < 1.29 is 0 Å². The summed E-state index contributed by atoms with van der Waals surface area (Å²) in [5.74, 6) is 2.11. The maximum Gasteiger partial charge on any atom is 0.158 e. The second kappa shape index (κ2) is 5.37. The Kier molecular flexibility index (Phi) is 3.73. The smallest absolute Gasteiger partial charge is 0.158 e. The average molecular weight is 296 g/mol. The molecule has 20 heavy (non-hydrogen) atoms. The average Bonchev–Trinajstić information content (AvgIpc) is 3.08. The summed E-state index contributed by atoms with van der Waals surface area (Å²) < 4.78 is 4.34. The molecule has 5 nitrogen and oxygen atoms in total. The van der Waals surface area contributed by atoms with Crippen molar-refractivity contribution in [3.05, 3.63) is 11.5 Å². The molecule has 0 spiro atoms. The van der Waals surface area contributed by atoms with Gasteiger partial charge in [0.05, 0.1) is 11.6 Å². The fourth-order valence-corrected chi connectivity index (χ4v) is 3.42. The van der Waals surface area contributed by atoms with E-state index < -0.39 is 0 Å². The lowest BCUT2D eigenvalue weighted by Gasteiger charge is -2.14. The first-order valence-electron chi connectivity index (χ1n) is 7.31. The number of likely N-dealkylation sites (tertiary alicyclic amines) is 1. The molecule has 2 aromatic heterocycles. The van der Waals surface area contributed by atoms with Crippen molar-refractivity contribution in [2.24, 2.45) is 5.92 Å². The van der Waals surface area contributed by atoms with Crippen molar-refractivity contribution in [3.63, 3.8) is 0 Å². The highest BCUT2D eigenvalue weighted by atomic mass is 35.5. The zero-order valence-electron chi connectivity index (χ0n) is 12.4. The Hall–Kier alpha value is -1.07. The summed E-state index contributed by atoms with van der Waals surface area (Å²) in [6.45, 7) is 8.34. The summed E-state index contributed by atoms with van der Waals surface area (Å²) in [4.78, 5) is 7.08. The minimum Gasteiger partial charge on any atom is -0.312 e. The predicted molar refractivity (Wildman–Crippen MR) is 81.1 cm³/mol. The Morgan fingerprint density at radius 3 is 2.80 bits per heavy atom. The lowest BCUT2D eigenvalue weighted by molar-refractivity contribution is 0.377. The summed E-state index contributed by atoms with van der Waals surface area (Å²) in [6.07, 6.45) is 1.25. The largest absolute Gasteiger partial charge is 0.312 e. The topological polar surface area (TPSA) is 38.9 Å². The van der Waals surface area contributed by atoms with Crippen LogP contribution in [0.5, 0.6) is 0 Å². The van der Waals surface area contributed by atoms with Crippen molar-refractivity contribution in [1.82, 2.24) is 24.2 Å². The summed E-state index contributed by atoms with van der Waals surface area (Å²) in [7, 11) is 2.19. The normalized spacial score (nSPS) is 20.3. The van der Waals surface area contributed by atoms with Crippen LogP contribution >= 0.6 is 11.6 Å². The predicted octanol–water partition coefficient (Wildman–Crippen LogP) is 2.25. The van der Waals surface area contributed by atoms with Gasteiger partial charge in [0.25, 0.3) is 0 Å². The number of alkyl halides is 1. The van der Waals surface area contributed by atoms with Crippen LogP contribution in [0, 0.1) is 12.8 Å². The van der Waals surface area contributed by atoms with E-state index in [0.29, 0.717) is 11.8 Å². The van der Waals surface area contributed by atoms with Crippen molar-refractivity contribution in [3.8, 4) is 0 Å². The second-order valence-corrected chi connectivity index (χ2v) is 6.03. The van der Waals surface area contributed by atoms with E-state index in [9.17, 15) is 0 Å². The molecule has 0 N–H and O–H groups in total. The van der Waals surface area contributed by atoms with Crippen LogP contribution in [0.1, 0.15) is 24.9 Å². The Balaban J connectivity index is 2.02. The molecule has 0 saturated carbocycles. The van der Waals surface area contributed by atoms with Crippen LogP contribution in [-0.2, 0) is 19.0 Å². The summed E-state index contributed by atoms with van der Waals surface area (Å²) in [5.41, 5.74) is 3.14. The molecule has 1 saturated heterocycles. The van der Waals surface area contributed by atoms with E-state index in [4.69, 9.17) is 16.6 Å². The molecule has 1 aliphatic rings. The summed E-state index contributed by atoms with van der Waals surface area (Å²) in [5, 5.41) is 4.57. The molecule has 0 aromatic carbocycles. The number of hydrogen-bond acceptors (Lipinski definition) is 3. The van der Waals surface area contributed by atoms with E-state index in [2.05, 4.69) is 28.5 Å². The van der Waals surface area contributed by atoms with Crippen molar-refractivity contribution in [2.45, 2.75) is 39.2 Å². The number of imidazole rings is 1. The Bertz CT molecular complexity index is 615. The highest BCUT2D eigenvalue weighted by molar-refractivity contribution is 6.16. The van der Waals surface area contributed by atoms with Gasteiger partial charge < -0.3 is 9.47 Å². The van der Waals surface area contributed by atoms with Crippen LogP contribution < -0.4 is 0 Å². The monoisotopic (exact) mass is 295 g/mol. The van der Waals surface area contributed by atoms with Gasteiger partial charge in [0, 0.05) is 19.6 Å². The zero-order chi connectivity index (χ0) is 14.3. The molecule has 0 aliphatic carbocycles. The zero-order valence-corrected chi connectivity index (χ0v) is 13.2. The molecule has 3 rings (SSSR count). The molecule has 1 atom stereocenters. The molecule has 2 aromatic rings. The number of rotatable bonds is 4. The Labute approximate surface area is 124 Å². The Morgan fingerprint density at radius 1 is 1.40 bits per heavy atom. The number of aromatic nitrogens is 4. The van der Waals surface area contributed by atoms with Crippen LogP contribution in [-0.4, -0.2) is 44.4 Å². The fraction of sp³-hybridized carbons (Fsp3) is 0.714. The molecular weight excluding hydrogens is 274 g/mol. The standard InChI is InChI=1S/C14H22ClN5/c1-4-20-14-13(10(2)17-20)16-12(7-15)19(14)9-11-5-6-18(3)8-11/h11H,4-9H2,1-3H3. The molecule has 3 heterocycles. The van der Waals surface area contributed by atoms with Gasteiger partial charge in [0.2, 0.25) is 0 Å². The minimum absolute atomic E-state index is 0.459. The van der Waals surface area contributed by atoms with Gasteiger partial charge in [-0.1, -0.05) is 0 Å². The van der Waals surface area contributed by atoms with Crippen LogP contribution in [0.3, 0.4) is 0 Å². The number of hydrogen-bond donors (Lipinski definition) is 0. The van der Waals surface area contributed by atoms with E-state index in [1.165, 1.54) is 13.0 Å². The van der Waals surface area contributed by atoms with Gasteiger partial charge >= 0.3 is 0 Å². The number of aryl methyl sites for hydroxylation is 2. The van der Waals surface area contributed by atoms with E-state index in [0.717, 1.165) is 42.3 Å². The number of halogens is 1. The molecular formula is C14H22ClN5. The first-order valence-corrected chi connectivity index (χ1v) is 7.84. The lowest BCUT2D eigenvalue weighted by atomic mass is 10.1. The first kappa shape index (κ1) is 13.9. The SMILES string of the molecule is CCn1nc(C)c2nc(CCl)n(CC3CCN(C)C3)c21. The van der Waals surface area contributed by atoms with Crippen molar-refractivity contribution in [1.29, 1.82) is 0 Å². The highest BCUT2D eigenvalue weighted by Crippen LogP contribution is 2.24. The molecule has 1 aliphatic heterocycles. The summed E-state index contributed by atoms with van der Waals surface area (Å²) in [6, 6.07) is 0. The van der Waals surface area contributed by atoms with Crippen molar-refractivity contribution >= 4 is 22.8 Å². The van der Waals surface area contributed by atoms with E-state index in [1.807, 2.05) is 11.6 Å². The molecule has 110 valence electrons. The number of fused-ring (bicyclic) bond motifs is 1. The van der Waals surface area contributed by atoms with Gasteiger partial charge in [0.1, 0.15) is 11.3 Å². The molecule has 0 radical (unpaired) electrons. The molecule has 0 bridgehead atoms. The molecule has 6 heteroatoms. The molecule has 0 amide bonds. The van der Waals surface area contributed by atoms with Crippen LogP contribution in [0.2, 0.25) is 0 Å². The van der Waals surface area contributed by atoms with Gasteiger partial charge in [-0.15, -0.1) is 11.6 Å². The van der Waals surface area contributed by atoms with Gasteiger partial charge in [-0.2, -0.15) is 5.10 Å². The molecule has 1 fully saturated rings. The highest BCUT2D eigenvalue weighted by Gasteiger charge is 2.24. The second-order valence-electron chi connectivity index (χ2n) is 5.76. The van der Waals surface area contributed by atoms with E-state index in [-0.39, 0.29) is 0 Å². The first-order chi connectivity index (χ1) is 9.63. The Morgan fingerprint density at radius 2 is 2.20 bits per heavy atom. The van der Waals surface area contributed by atoms with Crippen LogP contribution in [0.15, 0.2) is 0 Å². The maximum absolute atomic E-state index is 6.10. The van der Waals surface area contributed by atoms with Gasteiger partial charge in [-0.25, -0.2) is 9.67 Å². The van der Waals surface area contributed by atoms with Crippen molar-refractivity contribution in [2.75, 3.05) is 20.1 Å². The fourth-order valence-electron chi connectivity index (χ4n) is 3.22. The third-order valence-electron chi connectivity index (χ3n) is 4.23. The van der Waals surface area contributed by atoms with Crippen LogP contribution in [0.4, 0.5) is 0 Å². The third kappa shape index (κ3) is 2.23. The van der Waals surface area contributed by atoms with E-state index >= 15 is 0 Å². The number of nitrogens with zero attached hydrogens (tertiary/aromatic N) is 5. The maximum atomic E-state index is 6.10. The molecule has 1 unspecified atom stereocenters. The van der Waals surface area contributed by atoms with Gasteiger partial charge in [0.15, 0.2) is 5.65 Å². The quantitative estimate of drug-likeness (QED) is 0.812. The van der Waals surface area contributed by atoms with E-state index in [1.54, 1.807) is 0 Å². The van der Waals surface area contributed by atoms with Gasteiger partial charge in [-0.05, 0) is 39.8 Å².